The van der Waals surface area contributed by atoms with Gasteiger partial charge in [-0.05, 0) is 43.4 Å². The Labute approximate surface area is 297 Å². The molecule has 0 rings (SSSR count). The molecule has 0 radical (unpaired) electrons. The molecule has 0 aromatic heterocycles. The van der Waals surface area contributed by atoms with Gasteiger partial charge >= 0.3 is 11.9 Å². The van der Waals surface area contributed by atoms with Crippen LogP contribution in [0.3, 0.4) is 0 Å². The summed E-state index contributed by atoms with van der Waals surface area (Å²) in [7, 11) is 0. The molecule has 6 amide bonds. The lowest BCUT2D eigenvalue weighted by molar-refractivity contribution is -0.144. The van der Waals surface area contributed by atoms with Crippen molar-refractivity contribution in [3.05, 3.63) is 0 Å². The Hall–Kier alpha value is -5.01. The number of nitrogens with zero attached hydrogens (tertiary/aromatic N) is 1. The molecule has 0 saturated carbocycles. The van der Waals surface area contributed by atoms with Crippen molar-refractivity contribution in [2.45, 2.75) is 116 Å². The second kappa shape index (κ2) is 22.7. The number of aliphatic imine (C=N–C) groups is 1. The van der Waals surface area contributed by atoms with Crippen LogP contribution >= 0.6 is 0 Å². The third-order valence-corrected chi connectivity index (χ3v) is 7.44. The van der Waals surface area contributed by atoms with Gasteiger partial charge in [0.2, 0.25) is 35.4 Å². The molecular formula is C31H56N10O10. The van der Waals surface area contributed by atoms with Crippen LogP contribution in [0.25, 0.3) is 0 Å². The van der Waals surface area contributed by atoms with Crippen molar-refractivity contribution in [3.8, 4) is 0 Å². The average molecular weight is 729 g/mol. The number of hydrogen-bond donors (Lipinski definition) is 11. The summed E-state index contributed by atoms with van der Waals surface area (Å²) in [5, 5.41) is 30.7. The van der Waals surface area contributed by atoms with Crippen LogP contribution in [-0.2, 0) is 38.4 Å². The summed E-state index contributed by atoms with van der Waals surface area (Å²) in [5.41, 5.74) is 21.9. The van der Waals surface area contributed by atoms with Gasteiger partial charge in [-0.3, -0.25) is 38.6 Å². The largest absolute Gasteiger partial charge is 0.481 e. The Morgan fingerprint density at radius 1 is 0.627 bits per heavy atom. The summed E-state index contributed by atoms with van der Waals surface area (Å²) in [4.78, 5) is 105. The maximum Gasteiger partial charge on any atom is 0.326 e. The average Bonchev–Trinajstić information content (AvgIpc) is 3.00. The summed E-state index contributed by atoms with van der Waals surface area (Å²) < 4.78 is 0. The number of primary amides is 1. The zero-order valence-electron chi connectivity index (χ0n) is 30.1. The molecule has 0 aliphatic rings. The number of guanidine groups is 1. The molecule has 51 heavy (non-hydrogen) atoms. The van der Waals surface area contributed by atoms with Crippen LogP contribution in [0.1, 0.15) is 80.1 Å². The normalized spacial score (nSPS) is 14.6. The van der Waals surface area contributed by atoms with E-state index in [9.17, 15) is 48.6 Å². The fourth-order valence-electron chi connectivity index (χ4n) is 4.67. The van der Waals surface area contributed by atoms with E-state index >= 15 is 0 Å². The van der Waals surface area contributed by atoms with Gasteiger partial charge in [-0.2, -0.15) is 0 Å². The van der Waals surface area contributed by atoms with Crippen LogP contribution in [0.15, 0.2) is 4.99 Å². The molecule has 0 aliphatic carbocycles. The summed E-state index contributed by atoms with van der Waals surface area (Å²) in [6, 6.07) is -8.00. The Bertz CT molecular complexity index is 1270. The Balaban J connectivity index is 6.04. The number of aliphatic carboxylic acids is 2. The molecule has 0 aromatic carbocycles. The molecule has 15 N–H and O–H groups in total. The van der Waals surface area contributed by atoms with E-state index in [-0.39, 0.29) is 31.3 Å². The number of carbonyl (C=O) groups is 8. The number of carbonyl (C=O) groups excluding carboxylic acids is 6. The summed E-state index contributed by atoms with van der Waals surface area (Å²) in [6.45, 7) is 9.99. The number of nitrogens with two attached hydrogens (primary N) is 4. The highest BCUT2D eigenvalue weighted by atomic mass is 16.4. The maximum absolute atomic E-state index is 13.5. The summed E-state index contributed by atoms with van der Waals surface area (Å²) in [5.74, 6) is -9.39. The predicted molar refractivity (Wildman–Crippen MR) is 185 cm³/mol. The lowest BCUT2D eigenvalue weighted by Gasteiger charge is -2.28. The first-order valence-corrected chi connectivity index (χ1v) is 16.6. The van der Waals surface area contributed by atoms with Gasteiger partial charge in [0, 0.05) is 13.0 Å². The highest BCUT2D eigenvalue weighted by Gasteiger charge is 2.35. The van der Waals surface area contributed by atoms with Crippen LogP contribution < -0.4 is 49.5 Å². The molecule has 0 aromatic rings. The standard InChI is InChI=1S/C31H56N10O10/c1-14(2)12-19(38-25(45)17(32)8-7-11-36-31(34)35)27(47)39-20(13-21(33)42)28(48)40-23(15(3)4)29(49)37-18(9-10-22(43)44)26(46)41-24(16(5)6)30(50)51/h14-20,23-24H,7-13,32H2,1-6H3,(H2,33,42)(H,37,49)(H,38,45)(H,39,47)(H,40,48)(H,41,46)(H,43,44)(H,50,51)(H4,34,35,36)/t17-,18-,19-,20-,23-,24-/m0/s1. The number of nitrogens with one attached hydrogen (secondary N) is 5. The predicted octanol–water partition coefficient (Wildman–Crippen LogP) is -3.03. The first kappa shape index (κ1) is 46.0. The quantitative estimate of drug-likeness (QED) is 0.0268. The fraction of sp³-hybridized carbons (Fsp3) is 0.710. The van der Waals surface area contributed by atoms with Crippen molar-refractivity contribution in [2.75, 3.05) is 6.54 Å². The van der Waals surface area contributed by atoms with Gasteiger partial charge in [0.15, 0.2) is 5.96 Å². The minimum absolute atomic E-state index is 0.114. The van der Waals surface area contributed by atoms with E-state index in [0.717, 1.165) is 0 Å². The fourth-order valence-corrected chi connectivity index (χ4v) is 4.67. The maximum atomic E-state index is 13.5. The molecule has 0 fully saturated rings. The zero-order valence-corrected chi connectivity index (χ0v) is 30.1. The van der Waals surface area contributed by atoms with Gasteiger partial charge in [0.25, 0.3) is 0 Å². The molecular weight excluding hydrogens is 672 g/mol. The van der Waals surface area contributed by atoms with Crippen molar-refractivity contribution >= 4 is 53.3 Å². The molecule has 20 nitrogen and oxygen atoms in total. The first-order valence-electron chi connectivity index (χ1n) is 16.6. The van der Waals surface area contributed by atoms with E-state index in [1.807, 2.05) is 0 Å². The van der Waals surface area contributed by atoms with Crippen LogP contribution in [0.5, 0.6) is 0 Å². The molecule has 0 unspecified atom stereocenters. The third-order valence-electron chi connectivity index (χ3n) is 7.44. The minimum atomic E-state index is -1.60. The van der Waals surface area contributed by atoms with Gasteiger partial charge in [-0.15, -0.1) is 0 Å². The van der Waals surface area contributed by atoms with Gasteiger partial charge in [0.1, 0.15) is 30.2 Å². The lowest BCUT2D eigenvalue weighted by atomic mass is 9.99. The second-order valence-electron chi connectivity index (χ2n) is 13.3. The highest BCUT2D eigenvalue weighted by Crippen LogP contribution is 2.10. The van der Waals surface area contributed by atoms with E-state index in [4.69, 9.17) is 22.9 Å². The topological polar surface area (TPSA) is 354 Å². The number of hydrogen-bond acceptors (Lipinski definition) is 10. The van der Waals surface area contributed by atoms with Crippen LogP contribution in [0, 0.1) is 17.8 Å². The van der Waals surface area contributed by atoms with Crippen molar-refractivity contribution in [1.29, 1.82) is 0 Å². The molecule has 0 spiro atoms. The van der Waals surface area contributed by atoms with Crippen molar-refractivity contribution in [1.82, 2.24) is 26.6 Å². The number of carboxylic acids is 2. The molecule has 0 bridgehead atoms. The van der Waals surface area contributed by atoms with Crippen LogP contribution in [-0.4, -0.2) is 106 Å². The lowest BCUT2D eigenvalue weighted by Crippen LogP contribution is -2.61. The van der Waals surface area contributed by atoms with Gasteiger partial charge in [-0.25, -0.2) is 4.79 Å². The molecule has 0 heterocycles. The van der Waals surface area contributed by atoms with Crippen molar-refractivity contribution in [3.63, 3.8) is 0 Å². The van der Waals surface area contributed by atoms with Gasteiger partial charge in [-0.1, -0.05) is 41.5 Å². The second-order valence-corrected chi connectivity index (χ2v) is 13.3. The highest BCUT2D eigenvalue weighted by molar-refractivity contribution is 5.98. The SMILES string of the molecule is CC(C)C[C@H](NC(=O)[C@@H](N)CCCN=C(N)N)C(=O)N[C@@H](CC(N)=O)C(=O)N[C@H](C(=O)N[C@@H](CCC(=O)O)C(=O)N[C@H](C(=O)O)C(C)C)C(C)C. The smallest absolute Gasteiger partial charge is 0.326 e. The van der Waals surface area contributed by atoms with E-state index in [0.29, 0.717) is 6.42 Å². The minimum Gasteiger partial charge on any atom is -0.481 e. The Morgan fingerprint density at radius 2 is 1.12 bits per heavy atom. The molecule has 0 aliphatic heterocycles. The van der Waals surface area contributed by atoms with Crippen molar-refractivity contribution in [2.24, 2.45) is 45.7 Å². The zero-order chi connectivity index (χ0) is 39.6. The van der Waals surface area contributed by atoms with Crippen molar-refractivity contribution < 1.29 is 48.6 Å². The number of carboxylic acid groups (broad SMARTS) is 2. The van der Waals surface area contributed by atoms with E-state index in [1.165, 1.54) is 0 Å². The van der Waals surface area contributed by atoms with Gasteiger partial charge in [0.05, 0.1) is 12.5 Å². The molecule has 20 heteroatoms. The first-order chi connectivity index (χ1) is 23.6. The number of amides is 6. The van der Waals surface area contributed by atoms with Crippen LogP contribution in [0.4, 0.5) is 0 Å². The van der Waals surface area contributed by atoms with Crippen LogP contribution in [0.2, 0.25) is 0 Å². The van der Waals surface area contributed by atoms with E-state index in [2.05, 4.69) is 31.6 Å². The molecule has 0 saturated heterocycles. The summed E-state index contributed by atoms with van der Waals surface area (Å²) >= 11 is 0. The van der Waals surface area contributed by atoms with Gasteiger partial charge < -0.3 is 59.7 Å². The van der Waals surface area contributed by atoms with E-state index in [1.54, 1.807) is 41.5 Å². The molecule has 6 atom stereocenters. The monoisotopic (exact) mass is 728 g/mol. The number of rotatable bonds is 24. The Morgan fingerprint density at radius 3 is 1.59 bits per heavy atom. The third kappa shape index (κ3) is 18.5. The van der Waals surface area contributed by atoms with E-state index < -0.39 is 115 Å². The summed E-state index contributed by atoms with van der Waals surface area (Å²) in [6.07, 6.45) is -0.948. The molecule has 290 valence electrons. The Kier molecular flexibility index (Phi) is 20.4.